The van der Waals surface area contributed by atoms with Crippen molar-refractivity contribution in [2.24, 2.45) is 5.10 Å². The maximum Gasteiger partial charge on any atom is 0.266 e. The quantitative estimate of drug-likeness (QED) is 0.458. The van der Waals surface area contributed by atoms with E-state index in [1.165, 1.54) is 9.81 Å². The van der Waals surface area contributed by atoms with Crippen molar-refractivity contribution in [2.45, 2.75) is 19.0 Å². The summed E-state index contributed by atoms with van der Waals surface area (Å²) < 4.78 is 5.28. The highest BCUT2D eigenvalue weighted by molar-refractivity contribution is 6.03. The summed E-state index contributed by atoms with van der Waals surface area (Å²) in [6.07, 6.45) is 0.613. The maximum absolute atomic E-state index is 13.3. The number of ether oxygens (including phenoxy) is 1. The van der Waals surface area contributed by atoms with Gasteiger partial charge in [0, 0.05) is 12.0 Å². The Morgan fingerprint density at radius 3 is 2.27 bits per heavy atom. The van der Waals surface area contributed by atoms with Crippen LogP contribution in [0, 0.1) is 0 Å². The van der Waals surface area contributed by atoms with Gasteiger partial charge in [-0.25, -0.2) is 5.01 Å². The minimum absolute atomic E-state index is 0.0575. The Bertz CT molecular complexity index is 1270. The number of hydrogen-bond donors (Lipinski definition) is 0. The van der Waals surface area contributed by atoms with Gasteiger partial charge in [0.25, 0.3) is 5.91 Å². The number of hydrogen-bond acceptors (Lipinski definition) is 6. The van der Waals surface area contributed by atoms with Crippen LogP contribution in [0.3, 0.4) is 0 Å². The van der Waals surface area contributed by atoms with Gasteiger partial charge in [0.05, 0.1) is 18.9 Å². The molecule has 1 aliphatic rings. The summed E-state index contributed by atoms with van der Waals surface area (Å²) in [6.45, 7) is -0.0575. The molecule has 8 heteroatoms. The number of carbonyl (C=O) groups is 1. The zero-order chi connectivity index (χ0) is 22.6. The minimum atomic E-state index is -0.226. The first-order chi connectivity index (χ1) is 16.2. The number of tetrazole rings is 1. The Morgan fingerprint density at radius 1 is 0.939 bits per heavy atom. The van der Waals surface area contributed by atoms with Crippen LogP contribution in [0.25, 0.3) is 11.4 Å². The van der Waals surface area contributed by atoms with E-state index in [2.05, 4.69) is 15.4 Å². The van der Waals surface area contributed by atoms with Crippen LogP contribution in [-0.2, 0) is 11.3 Å². The van der Waals surface area contributed by atoms with Crippen LogP contribution in [0.1, 0.15) is 23.6 Å². The highest BCUT2D eigenvalue weighted by atomic mass is 16.5. The fourth-order valence-electron chi connectivity index (χ4n) is 3.84. The highest BCUT2D eigenvalue weighted by Crippen LogP contribution is 2.33. The molecule has 1 atom stereocenters. The average Bonchev–Trinajstić information content (AvgIpc) is 3.53. The maximum atomic E-state index is 13.3. The first-order valence-corrected chi connectivity index (χ1v) is 10.6. The molecular weight excluding hydrogens is 416 g/mol. The van der Waals surface area contributed by atoms with Crippen molar-refractivity contribution in [3.63, 3.8) is 0 Å². The van der Waals surface area contributed by atoms with Gasteiger partial charge < -0.3 is 4.74 Å². The Morgan fingerprint density at radius 2 is 1.61 bits per heavy atom. The van der Waals surface area contributed by atoms with Crippen molar-refractivity contribution in [2.75, 3.05) is 7.11 Å². The van der Waals surface area contributed by atoms with Gasteiger partial charge in [-0.2, -0.15) is 9.90 Å². The molecule has 0 bridgehead atoms. The lowest BCUT2D eigenvalue weighted by Gasteiger charge is -2.22. The van der Waals surface area contributed by atoms with E-state index < -0.39 is 0 Å². The van der Waals surface area contributed by atoms with Crippen LogP contribution < -0.4 is 4.74 Å². The second-order valence-corrected chi connectivity index (χ2v) is 7.65. The third kappa shape index (κ3) is 4.36. The van der Waals surface area contributed by atoms with E-state index in [1.54, 1.807) is 7.11 Å². The summed E-state index contributed by atoms with van der Waals surface area (Å²) in [5.74, 6) is 1.03. The molecule has 5 rings (SSSR count). The van der Waals surface area contributed by atoms with Gasteiger partial charge in [-0.1, -0.05) is 72.8 Å². The fraction of sp³-hybridized carbons (Fsp3) is 0.160. The van der Waals surface area contributed by atoms with Crippen LogP contribution in [0.2, 0.25) is 0 Å². The Balaban J connectivity index is 1.41. The Kier molecular flexibility index (Phi) is 5.63. The lowest BCUT2D eigenvalue weighted by molar-refractivity contribution is -0.134. The van der Waals surface area contributed by atoms with Crippen LogP contribution in [0.5, 0.6) is 5.75 Å². The summed E-state index contributed by atoms with van der Waals surface area (Å²) in [7, 11) is 1.63. The number of rotatable bonds is 6. The van der Waals surface area contributed by atoms with Crippen molar-refractivity contribution < 1.29 is 9.53 Å². The molecule has 0 saturated heterocycles. The molecule has 1 amide bonds. The lowest BCUT2D eigenvalue weighted by atomic mass is 9.98. The van der Waals surface area contributed by atoms with Gasteiger partial charge in [-0.15, -0.1) is 10.2 Å². The fourth-order valence-corrected chi connectivity index (χ4v) is 3.84. The highest BCUT2D eigenvalue weighted by Gasteiger charge is 2.33. The zero-order valence-corrected chi connectivity index (χ0v) is 18.1. The van der Waals surface area contributed by atoms with Crippen LogP contribution >= 0.6 is 0 Å². The molecule has 33 heavy (non-hydrogen) atoms. The molecule has 3 aromatic carbocycles. The molecule has 0 N–H and O–H groups in total. The zero-order valence-electron chi connectivity index (χ0n) is 18.1. The summed E-state index contributed by atoms with van der Waals surface area (Å²) in [5.41, 5.74) is 3.69. The predicted molar refractivity (Wildman–Crippen MR) is 123 cm³/mol. The molecule has 1 aromatic heterocycles. The van der Waals surface area contributed by atoms with Gasteiger partial charge in [-0.05, 0) is 28.5 Å². The predicted octanol–water partition coefficient (Wildman–Crippen LogP) is 3.73. The number of amides is 1. The molecular formula is C25H22N6O2. The Hall–Kier alpha value is -4.33. The number of nitrogens with zero attached hydrogens (tertiary/aromatic N) is 6. The van der Waals surface area contributed by atoms with E-state index >= 15 is 0 Å². The average molecular weight is 438 g/mol. The van der Waals surface area contributed by atoms with Gasteiger partial charge in [0.2, 0.25) is 5.82 Å². The van der Waals surface area contributed by atoms with E-state index in [9.17, 15) is 4.79 Å². The van der Waals surface area contributed by atoms with E-state index in [0.717, 1.165) is 28.2 Å². The lowest BCUT2D eigenvalue weighted by Crippen LogP contribution is -2.31. The standard InChI is InChI=1S/C25H22N6O2/c1-33-21-14-12-19(13-15-21)23-16-22(18-8-4-2-5-9-18)27-31(23)24(32)17-30-28-25(26-29-30)20-10-6-3-7-11-20/h2-15,23H,16-17H2,1H3/t23-/m0/s1. The molecule has 4 aromatic rings. The van der Waals surface area contributed by atoms with Crippen LogP contribution in [-0.4, -0.2) is 43.9 Å². The van der Waals surface area contributed by atoms with Crippen molar-refractivity contribution >= 4 is 11.6 Å². The third-order valence-corrected chi connectivity index (χ3v) is 5.53. The number of carbonyl (C=O) groups excluding carboxylic acids is 1. The largest absolute Gasteiger partial charge is 0.497 e. The molecule has 0 fully saturated rings. The van der Waals surface area contributed by atoms with Crippen molar-refractivity contribution in [3.05, 3.63) is 96.1 Å². The molecule has 8 nitrogen and oxygen atoms in total. The number of hydrazone groups is 1. The molecule has 164 valence electrons. The summed E-state index contributed by atoms with van der Waals surface area (Å²) in [6, 6.07) is 26.9. The topological polar surface area (TPSA) is 85.5 Å². The number of aromatic nitrogens is 4. The van der Waals surface area contributed by atoms with Crippen LogP contribution in [0.15, 0.2) is 90.0 Å². The summed E-state index contributed by atoms with van der Waals surface area (Å²) in [4.78, 5) is 14.6. The second-order valence-electron chi connectivity index (χ2n) is 7.65. The number of methoxy groups -OCH3 is 1. The van der Waals surface area contributed by atoms with Gasteiger partial charge >= 0.3 is 0 Å². The molecule has 0 saturated carbocycles. The molecule has 0 radical (unpaired) electrons. The van der Waals surface area contributed by atoms with Crippen molar-refractivity contribution in [1.82, 2.24) is 25.2 Å². The van der Waals surface area contributed by atoms with E-state index in [4.69, 9.17) is 9.84 Å². The normalized spacial score (nSPS) is 15.4. The number of benzene rings is 3. The van der Waals surface area contributed by atoms with E-state index in [0.29, 0.717) is 12.2 Å². The first-order valence-electron chi connectivity index (χ1n) is 10.6. The van der Waals surface area contributed by atoms with Gasteiger partial charge in [0.1, 0.15) is 12.3 Å². The SMILES string of the molecule is COc1ccc([C@@H]2CC(c3ccccc3)=NN2C(=O)Cn2nnc(-c3ccccc3)n2)cc1. The van der Waals surface area contributed by atoms with Gasteiger partial charge in [-0.3, -0.25) is 4.79 Å². The third-order valence-electron chi connectivity index (χ3n) is 5.53. The van der Waals surface area contributed by atoms with E-state index in [-0.39, 0.29) is 18.5 Å². The summed E-state index contributed by atoms with van der Waals surface area (Å²) >= 11 is 0. The Labute approximate surface area is 191 Å². The minimum Gasteiger partial charge on any atom is -0.497 e. The second kappa shape index (κ2) is 9.04. The monoisotopic (exact) mass is 438 g/mol. The molecule has 1 aliphatic heterocycles. The molecule has 2 heterocycles. The smallest absolute Gasteiger partial charge is 0.266 e. The van der Waals surface area contributed by atoms with Crippen molar-refractivity contribution in [1.29, 1.82) is 0 Å². The molecule has 0 unspecified atom stereocenters. The van der Waals surface area contributed by atoms with Crippen molar-refractivity contribution in [3.8, 4) is 17.1 Å². The summed E-state index contributed by atoms with van der Waals surface area (Å²) in [5, 5.41) is 18.8. The molecule has 0 aliphatic carbocycles. The van der Waals surface area contributed by atoms with Crippen LogP contribution in [0.4, 0.5) is 0 Å². The molecule has 0 spiro atoms. The van der Waals surface area contributed by atoms with E-state index in [1.807, 2.05) is 84.9 Å². The van der Waals surface area contributed by atoms with Gasteiger partial charge in [0.15, 0.2) is 0 Å². The first kappa shape index (κ1) is 20.6.